The quantitative estimate of drug-likeness (QED) is 0.730. The molecule has 1 aromatic carbocycles. The summed E-state index contributed by atoms with van der Waals surface area (Å²) >= 11 is 3.46. The van der Waals surface area contributed by atoms with Crippen LogP contribution in [0.15, 0.2) is 35.2 Å². The van der Waals surface area contributed by atoms with Crippen LogP contribution in [0.2, 0.25) is 0 Å². The van der Waals surface area contributed by atoms with Crippen LogP contribution in [0.25, 0.3) is 11.0 Å². The van der Waals surface area contributed by atoms with Crippen molar-refractivity contribution in [3.05, 3.63) is 40.8 Å². The Balaban J connectivity index is 1.58. The molecule has 8 heteroatoms. The van der Waals surface area contributed by atoms with Crippen molar-refractivity contribution in [2.75, 3.05) is 36.0 Å². The molecule has 2 aromatic heterocycles. The lowest BCUT2D eigenvalue weighted by atomic mass is 10.1. The molecule has 0 bridgehead atoms. The summed E-state index contributed by atoms with van der Waals surface area (Å²) in [6.07, 6.45) is 1.56. The normalized spacial score (nSPS) is 14.8. The molecule has 0 amide bonds. The Hall–Kier alpha value is -2.66. The van der Waals surface area contributed by atoms with Gasteiger partial charge in [0.1, 0.15) is 22.8 Å². The first-order valence-electron chi connectivity index (χ1n) is 7.61. The van der Waals surface area contributed by atoms with Crippen molar-refractivity contribution in [1.29, 1.82) is 5.26 Å². The number of nitriles is 1. The summed E-state index contributed by atoms with van der Waals surface area (Å²) in [5, 5.41) is 17.2. The van der Waals surface area contributed by atoms with Crippen molar-refractivity contribution in [2.24, 2.45) is 0 Å². The van der Waals surface area contributed by atoms with E-state index in [1.807, 2.05) is 24.3 Å². The van der Waals surface area contributed by atoms with E-state index >= 15 is 0 Å². The fraction of sp³-hybridized carbons (Fsp3) is 0.250. The lowest BCUT2D eigenvalue weighted by molar-refractivity contribution is 0.648. The number of halogens is 1. The molecule has 0 atom stereocenters. The fourth-order valence-corrected chi connectivity index (χ4v) is 3.51. The first-order valence-corrected chi connectivity index (χ1v) is 8.41. The summed E-state index contributed by atoms with van der Waals surface area (Å²) in [7, 11) is 0. The zero-order chi connectivity index (χ0) is 16.5. The molecule has 24 heavy (non-hydrogen) atoms. The highest BCUT2D eigenvalue weighted by Gasteiger charge is 2.23. The molecule has 120 valence electrons. The molecule has 1 fully saturated rings. The first-order chi connectivity index (χ1) is 11.8. The van der Waals surface area contributed by atoms with Crippen LogP contribution in [-0.2, 0) is 0 Å². The third-order valence-corrected chi connectivity index (χ3v) is 4.81. The van der Waals surface area contributed by atoms with E-state index in [0.29, 0.717) is 5.56 Å². The molecule has 0 spiro atoms. The topological polar surface area (TPSA) is 84.7 Å². The molecule has 3 heterocycles. The minimum atomic E-state index is 0.716. The van der Waals surface area contributed by atoms with Gasteiger partial charge in [0, 0.05) is 26.2 Å². The average molecular weight is 384 g/mol. The van der Waals surface area contributed by atoms with E-state index in [4.69, 9.17) is 0 Å². The number of benzene rings is 1. The third-order valence-electron chi connectivity index (χ3n) is 4.24. The molecule has 1 aliphatic rings. The number of nitrogens with zero attached hydrogens (tertiary/aromatic N) is 6. The maximum absolute atomic E-state index is 9.28. The van der Waals surface area contributed by atoms with Gasteiger partial charge in [-0.25, -0.2) is 9.97 Å². The average Bonchev–Trinajstić information content (AvgIpc) is 3.03. The molecular formula is C16H14BrN7. The van der Waals surface area contributed by atoms with Gasteiger partial charge < -0.3 is 9.80 Å². The van der Waals surface area contributed by atoms with Gasteiger partial charge in [-0.3, -0.25) is 5.10 Å². The van der Waals surface area contributed by atoms with Gasteiger partial charge in [-0.1, -0.05) is 12.1 Å². The minimum Gasteiger partial charge on any atom is -0.367 e. The maximum Gasteiger partial charge on any atom is 0.161 e. The summed E-state index contributed by atoms with van der Waals surface area (Å²) in [5.41, 5.74) is 2.44. The molecule has 1 saturated heterocycles. The van der Waals surface area contributed by atoms with Gasteiger partial charge >= 0.3 is 0 Å². The number of aromatic nitrogens is 4. The minimum absolute atomic E-state index is 0.716. The highest BCUT2D eigenvalue weighted by Crippen LogP contribution is 2.29. The number of para-hydroxylation sites is 1. The van der Waals surface area contributed by atoms with E-state index in [1.165, 1.54) is 0 Å². The van der Waals surface area contributed by atoms with Crippen LogP contribution in [0.4, 0.5) is 11.5 Å². The smallest absolute Gasteiger partial charge is 0.161 e. The van der Waals surface area contributed by atoms with Gasteiger partial charge in [-0.2, -0.15) is 10.4 Å². The first kappa shape index (κ1) is 14.9. The van der Waals surface area contributed by atoms with Gasteiger partial charge in [0.25, 0.3) is 0 Å². The number of aromatic amines is 1. The SMILES string of the molecule is N#Cc1ccccc1N1CCN(c2ncnc3[nH]nc(Br)c23)CC1. The van der Waals surface area contributed by atoms with Crippen LogP contribution in [0.1, 0.15) is 5.56 Å². The highest BCUT2D eigenvalue weighted by molar-refractivity contribution is 9.10. The van der Waals surface area contributed by atoms with Crippen molar-refractivity contribution < 1.29 is 0 Å². The number of piperazine rings is 1. The fourth-order valence-electron chi connectivity index (χ4n) is 3.05. The maximum atomic E-state index is 9.28. The molecule has 1 aliphatic heterocycles. The number of nitrogens with one attached hydrogen (secondary N) is 1. The van der Waals surface area contributed by atoms with Gasteiger partial charge in [-0.15, -0.1) is 0 Å². The Labute approximate surface area is 147 Å². The van der Waals surface area contributed by atoms with Crippen molar-refractivity contribution >= 4 is 38.5 Å². The van der Waals surface area contributed by atoms with Gasteiger partial charge in [0.05, 0.1) is 16.6 Å². The van der Waals surface area contributed by atoms with Gasteiger partial charge in [0.15, 0.2) is 5.65 Å². The molecule has 0 unspecified atom stereocenters. The van der Waals surface area contributed by atoms with Gasteiger partial charge in [0.2, 0.25) is 0 Å². The van der Waals surface area contributed by atoms with Crippen molar-refractivity contribution in [3.63, 3.8) is 0 Å². The molecule has 4 rings (SSSR count). The Morgan fingerprint density at radius 2 is 1.83 bits per heavy atom. The van der Waals surface area contributed by atoms with Crippen LogP contribution in [0.5, 0.6) is 0 Å². The lowest BCUT2D eigenvalue weighted by Gasteiger charge is -2.37. The molecule has 0 aliphatic carbocycles. The van der Waals surface area contributed by atoms with E-state index in [0.717, 1.165) is 53.3 Å². The summed E-state index contributed by atoms with van der Waals surface area (Å²) in [6.45, 7) is 3.31. The van der Waals surface area contributed by atoms with E-state index < -0.39 is 0 Å². The van der Waals surface area contributed by atoms with E-state index in [9.17, 15) is 5.26 Å². The predicted octanol–water partition coefficient (Wildman–Crippen LogP) is 2.31. The van der Waals surface area contributed by atoms with Crippen LogP contribution >= 0.6 is 15.9 Å². The number of fused-ring (bicyclic) bond motifs is 1. The van der Waals surface area contributed by atoms with Crippen LogP contribution in [0.3, 0.4) is 0 Å². The zero-order valence-corrected chi connectivity index (χ0v) is 14.4. The van der Waals surface area contributed by atoms with Crippen LogP contribution < -0.4 is 9.80 Å². The van der Waals surface area contributed by atoms with Crippen molar-refractivity contribution in [3.8, 4) is 6.07 Å². The second-order valence-corrected chi connectivity index (χ2v) is 6.29. The van der Waals surface area contributed by atoms with Crippen LogP contribution in [-0.4, -0.2) is 46.3 Å². The molecule has 0 saturated carbocycles. The zero-order valence-electron chi connectivity index (χ0n) is 12.8. The Morgan fingerprint density at radius 1 is 1.08 bits per heavy atom. The summed E-state index contributed by atoms with van der Waals surface area (Å²) in [6, 6.07) is 10.00. The van der Waals surface area contributed by atoms with E-state index in [-0.39, 0.29) is 0 Å². The number of H-pyrrole nitrogens is 1. The summed E-state index contributed by atoms with van der Waals surface area (Å²) < 4.78 is 0.727. The monoisotopic (exact) mass is 383 g/mol. The van der Waals surface area contributed by atoms with Gasteiger partial charge in [-0.05, 0) is 28.1 Å². The van der Waals surface area contributed by atoms with Crippen molar-refractivity contribution in [1.82, 2.24) is 20.2 Å². The van der Waals surface area contributed by atoms with E-state index in [1.54, 1.807) is 6.33 Å². The molecule has 0 radical (unpaired) electrons. The number of anilines is 2. The molecule has 3 aromatic rings. The Kier molecular flexibility index (Phi) is 3.78. The lowest BCUT2D eigenvalue weighted by Crippen LogP contribution is -2.47. The summed E-state index contributed by atoms with van der Waals surface area (Å²) in [5.74, 6) is 0.883. The Morgan fingerprint density at radius 3 is 2.62 bits per heavy atom. The molecular weight excluding hydrogens is 370 g/mol. The highest BCUT2D eigenvalue weighted by atomic mass is 79.9. The second kappa shape index (κ2) is 6.09. The second-order valence-electron chi connectivity index (χ2n) is 5.54. The van der Waals surface area contributed by atoms with Crippen LogP contribution in [0, 0.1) is 11.3 Å². The number of hydrogen-bond acceptors (Lipinski definition) is 6. The Bertz CT molecular complexity index is 922. The molecule has 7 nitrogen and oxygen atoms in total. The molecule has 1 N–H and O–H groups in total. The summed E-state index contributed by atoms with van der Waals surface area (Å²) in [4.78, 5) is 13.1. The standard InChI is InChI=1S/C16H14BrN7/c17-14-13-15(22-21-14)19-10-20-16(13)24-7-5-23(6-8-24)12-4-2-1-3-11(12)9-18/h1-4,10H,5-8H2,(H,19,20,21,22). The van der Waals surface area contributed by atoms with E-state index in [2.05, 4.69) is 52.0 Å². The van der Waals surface area contributed by atoms with Crippen molar-refractivity contribution in [2.45, 2.75) is 0 Å². The largest absolute Gasteiger partial charge is 0.367 e. The number of rotatable bonds is 2. The predicted molar refractivity (Wildman–Crippen MR) is 95.0 cm³/mol. The third kappa shape index (κ3) is 2.47. The number of hydrogen-bond donors (Lipinski definition) is 1.